The van der Waals surface area contributed by atoms with E-state index in [-0.39, 0.29) is 22.8 Å². The van der Waals surface area contributed by atoms with Gasteiger partial charge < -0.3 is 10.1 Å². The van der Waals surface area contributed by atoms with Gasteiger partial charge in [0.05, 0.1) is 11.5 Å². The van der Waals surface area contributed by atoms with E-state index in [4.69, 9.17) is 16.3 Å². The number of ether oxygens (including phenoxy) is 1. The van der Waals surface area contributed by atoms with Crippen molar-refractivity contribution < 1.29 is 9.53 Å². The number of hydrogen-bond acceptors (Lipinski definition) is 2. The van der Waals surface area contributed by atoms with Crippen LogP contribution in [0, 0.1) is 5.41 Å². The zero-order valence-electron chi connectivity index (χ0n) is 11.8. The van der Waals surface area contributed by atoms with Crippen molar-refractivity contribution in [3.05, 3.63) is 0 Å². The summed E-state index contributed by atoms with van der Waals surface area (Å²) in [5.41, 5.74) is 0.203. The van der Waals surface area contributed by atoms with E-state index in [0.29, 0.717) is 13.0 Å². The molecule has 0 saturated carbocycles. The van der Waals surface area contributed by atoms with Gasteiger partial charge >= 0.3 is 0 Å². The summed E-state index contributed by atoms with van der Waals surface area (Å²) in [6, 6.07) is 0. The first kappa shape index (κ1) is 15.8. The van der Waals surface area contributed by atoms with Crippen molar-refractivity contribution in [2.24, 2.45) is 5.41 Å². The third kappa shape index (κ3) is 7.22. The lowest BCUT2D eigenvalue weighted by atomic mass is 9.90. The average Bonchev–Trinajstić information content (AvgIpc) is 2.74. The van der Waals surface area contributed by atoms with E-state index in [9.17, 15) is 4.79 Å². The summed E-state index contributed by atoms with van der Waals surface area (Å²) in [6.45, 7) is 7.87. The van der Waals surface area contributed by atoms with Gasteiger partial charge in [-0.1, -0.05) is 20.8 Å². The highest BCUT2D eigenvalue weighted by Gasteiger charge is 2.19. The van der Waals surface area contributed by atoms with Gasteiger partial charge in [-0.05, 0) is 31.1 Å². The van der Waals surface area contributed by atoms with Gasteiger partial charge in [-0.15, -0.1) is 11.6 Å². The fraction of sp³-hybridized carbons (Fsp3) is 0.929. The molecule has 18 heavy (non-hydrogen) atoms. The predicted molar refractivity (Wildman–Crippen MR) is 74.9 cm³/mol. The Morgan fingerprint density at radius 3 is 2.78 bits per heavy atom. The lowest BCUT2D eigenvalue weighted by Crippen LogP contribution is -2.32. The molecule has 1 rings (SSSR count). The van der Waals surface area contributed by atoms with E-state index in [1.165, 1.54) is 0 Å². The highest BCUT2D eigenvalue weighted by Crippen LogP contribution is 2.23. The van der Waals surface area contributed by atoms with Crippen LogP contribution in [0.25, 0.3) is 0 Å². The minimum absolute atomic E-state index is 0.0108. The summed E-state index contributed by atoms with van der Waals surface area (Å²) in [7, 11) is 0. The van der Waals surface area contributed by atoms with Gasteiger partial charge in [0.1, 0.15) is 0 Å². The molecule has 3 nitrogen and oxygen atoms in total. The Bertz CT molecular complexity index is 257. The molecule has 1 heterocycles. The van der Waals surface area contributed by atoms with Crippen LogP contribution in [-0.2, 0) is 9.53 Å². The second kappa shape index (κ2) is 7.34. The lowest BCUT2D eigenvalue weighted by Gasteiger charge is -2.22. The number of hydrogen-bond donors (Lipinski definition) is 1. The van der Waals surface area contributed by atoms with Crippen LogP contribution in [0.5, 0.6) is 0 Å². The number of nitrogens with one attached hydrogen (secondary N) is 1. The Hall–Kier alpha value is -0.280. The largest absolute Gasteiger partial charge is 0.378 e. The molecule has 0 radical (unpaired) electrons. The highest BCUT2D eigenvalue weighted by molar-refractivity contribution is 6.20. The van der Waals surface area contributed by atoms with E-state index in [0.717, 1.165) is 32.3 Å². The third-order valence-electron chi connectivity index (χ3n) is 3.07. The molecule has 1 fully saturated rings. The van der Waals surface area contributed by atoms with Crippen LogP contribution < -0.4 is 5.32 Å². The van der Waals surface area contributed by atoms with Gasteiger partial charge in [-0.2, -0.15) is 0 Å². The van der Waals surface area contributed by atoms with Crippen LogP contribution in [-0.4, -0.2) is 30.5 Å². The summed E-state index contributed by atoms with van der Waals surface area (Å²) >= 11 is 6.20. The summed E-state index contributed by atoms with van der Waals surface area (Å²) in [6.07, 6.45) is 4.79. The van der Waals surface area contributed by atoms with Crippen molar-refractivity contribution >= 4 is 17.5 Å². The van der Waals surface area contributed by atoms with Crippen LogP contribution in [0.3, 0.4) is 0 Å². The van der Waals surface area contributed by atoms with Crippen LogP contribution in [0.15, 0.2) is 0 Å². The summed E-state index contributed by atoms with van der Waals surface area (Å²) in [4.78, 5) is 11.6. The van der Waals surface area contributed by atoms with Crippen molar-refractivity contribution in [2.45, 2.75) is 64.4 Å². The van der Waals surface area contributed by atoms with Gasteiger partial charge in [-0.3, -0.25) is 4.79 Å². The van der Waals surface area contributed by atoms with Gasteiger partial charge in [0, 0.05) is 19.6 Å². The van der Waals surface area contributed by atoms with Crippen LogP contribution in [0.4, 0.5) is 0 Å². The number of rotatable bonds is 6. The Kier molecular flexibility index (Phi) is 6.44. The maximum absolute atomic E-state index is 11.6. The molecule has 0 bridgehead atoms. The predicted octanol–water partition coefficient (Wildman–Crippen LogP) is 3.11. The molecule has 0 aromatic heterocycles. The molecule has 2 atom stereocenters. The second-order valence-electron chi connectivity index (χ2n) is 6.34. The monoisotopic (exact) mass is 275 g/mol. The van der Waals surface area contributed by atoms with E-state index < -0.39 is 0 Å². The van der Waals surface area contributed by atoms with Gasteiger partial charge in [0.25, 0.3) is 0 Å². The Morgan fingerprint density at radius 2 is 2.22 bits per heavy atom. The molecule has 2 unspecified atom stereocenters. The first-order valence-corrected chi connectivity index (χ1v) is 7.33. The van der Waals surface area contributed by atoms with Crippen molar-refractivity contribution in [3.63, 3.8) is 0 Å². The molecule has 1 saturated heterocycles. The Labute approximate surface area is 116 Å². The van der Waals surface area contributed by atoms with E-state index in [1.807, 2.05) is 0 Å². The molecule has 0 aromatic carbocycles. The Balaban J connectivity index is 2.08. The molecule has 1 amide bonds. The van der Waals surface area contributed by atoms with Crippen LogP contribution >= 0.6 is 11.6 Å². The number of amides is 1. The van der Waals surface area contributed by atoms with Crippen LogP contribution in [0.1, 0.15) is 52.9 Å². The average molecular weight is 276 g/mol. The maximum Gasteiger partial charge on any atom is 0.220 e. The minimum Gasteiger partial charge on any atom is -0.378 e. The summed E-state index contributed by atoms with van der Waals surface area (Å²) < 4.78 is 5.49. The summed E-state index contributed by atoms with van der Waals surface area (Å²) in [5.74, 6) is 0.0880. The lowest BCUT2D eigenvalue weighted by molar-refractivity contribution is -0.121. The number of carbonyl (C=O) groups excluding carboxylic acids is 1. The first-order valence-electron chi connectivity index (χ1n) is 6.89. The van der Waals surface area contributed by atoms with E-state index in [2.05, 4.69) is 26.1 Å². The van der Waals surface area contributed by atoms with E-state index in [1.54, 1.807) is 0 Å². The molecule has 0 spiro atoms. The standard InChI is InChI=1S/C14H26ClNO2/c1-14(2,3)9-11(15)10-16-13(17)7-6-12-5-4-8-18-12/h11-12H,4-10H2,1-3H3,(H,16,17). The van der Waals surface area contributed by atoms with Crippen molar-refractivity contribution in [3.8, 4) is 0 Å². The summed E-state index contributed by atoms with van der Waals surface area (Å²) in [5, 5.41) is 2.91. The fourth-order valence-electron chi connectivity index (χ4n) is 2.21. The zero-order chi connectivity index (χ0) is 13.6. The van der Waals surface area contributed by atoms with Gasteiger partial charge in [0.2, 0.25) is 5.91 Å². The first-order chi connectivity index (χ1) is 8.37. The van der Waals surface area contributed by atoms with E-state index >= 15 is 0 Å². The smallest absolute Gasteiger partial charge is 0.220 e. The van der Waals surface area contributed by atoms with Crippen molar-refractivity contribution in [1.82, 2.24) is 5.32 Å². The zero-order valence-corrected chi connectivity index (χ0v) is 12.6. The molecule has 106 valence electrons. The van der Waals surface area contributed by atoms with Crippen LogP contribution in [0.2, 0.25) is 0 Å². The normalized spacial score (nSPS) is 21.9. The molecular formula is C14H26ClNO2. The maximum atomic E-state index is 11.6. The van der Waals surface area contributed by atoms with Crippen molar-refractivity contribution in [1.29, 1.82) is 0 Å². The third-order valence-corrected chi connectivity index (χ3v) is 3.38. The molecule has 0 aliphatic carbocycles. The van der Waals surface area contributed by atoms with Gasteiger partial charge in [-0.25, -0.2) is 0 Å². The molecule has 1 aliphatic heterocycles. The van der Waals surface area contributed by atoms with Gasteiger partial charge in [0.15, 0.2) is 0 Å². The topological polar surface area (TPSA) is 38.3 Å². The molecule has 1 N–H and O–H groups in total. The second-order valence-corrected chi connectivity index (χ2v) is 6.96. The molecule has 0 aromatic rings. The quantitative estimate of drug-likeness (QED) is 0.757. The minimum atomic E-state index is 0.0108. The highest BCUT2D eigenvalue weighted by atomic mass is 35.5. The number of carbonyl (C=O) groups is 1. The fourth-order valence-corrected chi connectivity index (χ4v) is 2.75. The SMILES string of the molecule is CC(C)(C)CC(Cl)CNC(=O)CCC1CCCO1. The molecular weight excluding hydrogens is 250 g/mol. The number of halogens is 1. The molecule has 1 aliphatic rings. The number of alkyl halides is 1. The molecule has 4 heteroatoms. The van der Waals surface area contributed by atoms with Crippen molar-refractivity contribution in [2.75, 3.05) is 13.2 Å². The Morgan fingerprint density at radius 1 is 1.50 bits per heavy atom.